The van der Waals surface area contributed by atoms with E-state index in [9.17, 15) is 0 Å². The van der Waals surface area contributed by atoms with Crippen LogP contribution in [0.3, 0.4) is 0 Å². The predicted molar refractivity (Wildman–Crippen MR) is 42.0 cm³/mol. The largest absolute Gasteiger partial charge is 0.120 e. The molecule has 0 bridgehead atoms. The lowest BCUT2D eigenvalue weighted by atomic mass is 9.87. The van der Waals surface area contributed by atoms with Gasteiger partial charge < -0.3 is 0 Å². The van der Waals surface area contributed by atoms with Crippen molar-refractivity contribution in [1.82, 2.24) is 0 Å². The molecule has 0 heterocycles. The molecule has 0 aromatic rings. The minimum atomic E-state index is 0.449. The fourth-order valence-corrected chi connectivity index (χ4v) is 1.15. The second-order valence-corrected chi connectivity index (χ2v) is 3.18. The lowest BCUT2D eigenvalue weighted by Gasteiger charge is -2.17. The molecule has 0 unspecified atom stereocenters. The van der Waals surface area contributed by atoms with Crippen molar-refractivity contribution in [2.75, 3.05) is 0 Å². The molecule has 0 nitrogen and oxygen atoms in total. The van der Waals surface area contributed by atoms with Gasteiger partial charge in [-0.25, -0.2) is 0 Å². The highest BCUT2D eigenvalue weighted by Gasteiger charge is 2.13. The second kappa shape index (κ2) is 3.56. The number of hydrogen-bond acceptors (Lipinski definition) is 0. The maximum absolute atomic E-state index is 5.32. The smallest absolute Gasteiger partial charge is 0.0246 e. The molecule has 0 aliphatic rings. The normalized spacial score (nSPS) is 10.9. The summed E-state index contributed by atoms with van der Waals surface area (Å²) in [5, 5.41) is 0. The van der Waals surface area contributed by atoms with Crippen molar-refractivity contribution in [2.45, 2.75) is 27.7 Å². The maximum atomic E-state index is 5.32. The summed E-state index contributed by atoms with van der Waals surface area (Å²) in [6.07, 6.45) is 5.32. The fourth-order valence-electron chi connectivity index (χ4n) is 1.15. The van der Waals surface area contributed by atoms with Gasteiger partial charge in [-0.05, 0) is 11.8 Å². The van der Waals surface area contributed by atoms with Crippen LogP contribution >= 0.6 is 0 Å². The van der Waals surface area contributed by atoms with Crippen molar-refractivity contribution < 1.29 is 0 Å². The SMILES string of the molecule is C#CC(C(C)C)C(C)C. The zero-order valence-electron chi connectivity index (χ0n) is 6.81. The van der Waals surface area contributed by atoms with Gasteiger partial charge in [-0.1, -0.05) is 27.7 Å². The van der Waals surface area contributed by atoms with E-state index in [0.717, 1.165) is 0 Å². The van der Waals surface area contributed by atoms with E-state index in [-0.39, 0.29) is 0 Å². The van der Waals surface area contributed by atoms with E-state index >= 15 is 0 Å². The average Bonchev–Trinajstić information content (AvgIpc) is 1.64. The van der Waals surface area contributed by atoms with Gasteiger partial charge in [0, 0.05) is 5.92 Å². The predicted octanol–water partition coefficient (Wildman–Crippen LogP) is 2.55. The molecule has 0 aliphatic heterocycles. The molecule has 0 N–H and O–H groups in total. The second-order valence-electron chi connectivity index (χ2n) is 3.18. The minimum Gasteiger partial charge on any atom is -0.120 e. The molecule has 0 atom stereocenters. The van der Waals surface area contributed by atoms with Gasteiger partial charge in [-0.3, -0.25) is 0 Å². The van der Waals surface area contributed by atoms with E-state index < -0.39 is 0 Å². The van der Waals surface area contributed by atoms with Crippen LogP contribution in [-0.4, -0.2) is 0 Å². The third-order valence-electron chi connectivity index (χ3n) is 1.63. The molecule has 0 aliphatic carbocycles. The van der Waals surface area contributed by atoms with E-state index in [4.69, 9.17) is 6.42 Å². The Morgan fingerprint density at radius 1 is 1.00 bits per heavy atom. The monoisotopic (exact) mass is 124 g/mol. The summed E-state index contributed by atoms with van der Waals surface area (Å²) in [6.45, 7) is 8.68. The summed E-state index contributed by atoms with van der Waals surface area (Å²) in [7, 11) is 0. The van der Waals surface area contributed by atoms with Crippen molar-refractivity contribution in [3.63, 3.8) is 0 Å². The first-order valence-electron chi connectivity index (χ1n) is 3.55. The first-order chi connectivity index (χ1) is 4.09. The van der Waals surface area contributed by atoms with Gasteiger partial charge in [0.15, 0.2) is 0 Å². The molecule has 0 aromatic heterocycles. The highest BCUT2D eigenvalue weighted by atomic mass is 14.2. The first kappa shape index (κ1) is 8.56. The summed E-state index contributed by atoms with van der Waals surface area (Å²) in [5.41, 5.74) is 0. The summed E-state index contributed by atoms with van der Waals surface area (Å²) in [5.74, 6) is 4.49. The Hall–Kier alpha value is -0.440. The van der Waals surface area contributed by atoms with Gasteiger partial charge in [-0.2, -0.15) is 0 Å². The van der Waals surface area contributed by atoms with Gasteiger partial charge in [0.2, 0.25) is 0 Å². The van der Waals surface area contributed by atoms with Crippen LogP contribution in [0, 0.1) is 30.1 Å². The van der Waals surface area contributed by atoms with Crippen LogP contribution in [0.1, 0.15) is 27.7 Å². The number of hydrogen-bond donors (Lipinski definition) is 0. The Kier molecular flexibility index (Phi) is 3.39. The molecular weight excluding hydrogens is 108 g/mol. The van der Waals surface area contributed by atoms with Gasteiger partial charge in [0.25, 0.3) is 0 Å². The van der Waals surface area contributed by atoms with Gasteiger partial charge >= 0.3 is 0 Å². The zero-order valence-corrected chi connectivity index (χ0v) is 6.81. The van der Waals surface area contributed by atoms with E-state index in [1.54, 1.807) is 0 Å². The third kappa shape index (κ3) is 2.56. The van der Waals surface area contributed by atoms with E-state index in [1.807, 2.05) is 0 Å². The van der Waals surface area contributed by atoms with E-state index in [1.165, 1.54) is 0 Å². The van der Waals surface area contributed by atoms with Crippen LogP contribution in [0.15, 0.2) is 0 Å². The Bertz CT molecular complexity index is 95.7. The van der Waals surface area contributed by atoms with Crippen molar-refractivity contribution in [3.8, 4) is 12.3 Å². The van der Waals surface area contributed by atoms with E-state index in [0.29, 0.717) is 17.8 Å². The summed E-state index contributed by atoms with van der Waals surface area (Å²) in [6, 6.07) is 0. The zero-order chi connectivity index (χ0) is 7.44. The molecule has 0 spiro atoms. The first-order valence-corrected chi connectivity index (χ1v) is 3.55. The molecule has 52 valence electrons. The lowest BCUT2D eigenvalue weighted by Crippen LogP contribution is -2.12. The maximum Gasteiger partial charge on any atom is 0.0246 e. The number of terminal acetylenes is 1. The molecule has 0 amide bonds. The molecule has 0 rings (SSSR count). The Morgan fingerprint density at radius 3 is 1.33 bits per heavy atom. The third-order valence-corrected chi connectivity index (χ3v) is 1.63. The van der Waals surface area contributed by atoms with Gasteiger partial charge in [-0.15, -0.1) is 12.3 Å². The summed E-state index contributed by atoms with van der Waals surface area (Å²) in [4.78, 5) is 0. The van der Waals surface area contributed by atoms with E-state index in [2.05, 4.69) is 33.6 Å². The molecule has 0 heteroatoms. The van der Waals surface area contributed by atoms with Crippen molar-refractivity contribution >= 4 is 0 Å². The van der Waals surface area contributed by atoms with Crippen LogP contribution in [0.5, 0.6) is 0 Å². The molecule has 0 radical (unpaired) electrons. The van der Waals surface area contributed by atoms with Crippen LogP contribution in [0.2, 0.25) is 0 Å². The Balaban J connectivity index is 3.87. The quantitative estimate of drug-likeness (QED) is 0.496. The van der Waals surface area contributed by atoms with Crippen LogP contribution < -0.4 is 0 Å². The molecular formula is C9H16. The molecule has 0 aromatic carbocycles. The Morgan fingerprint density at radius 2 is 1.33 bits per heavy atom. The lowest BCUT2D eigenvalue weighted by molar-refractivity contribution is 0.369. The molecule has 0 saturated heterocycles. The highest BCUT2D eigenvalue weighted by Crippen LogP contribution is 2.18. The summed E-state index contributed by atoms with van der Waals surface area (Å²) < 4.78 is 0. The standard InChI is InChI=1S/C9H16/c1-6-9(7(2)3)8(4)5/h1,7-9H,2-5H3. The van der Waals surface area contributed by atoms with Crippen molar-refractivity contribution in [2.24, 2.45) is 17.8 Å². The fraction of sp³-hybridized carbons (Fsp3) is 0.778. The molecule has 9 heavy (non-hydrogen) atoms. The van der Waals surface area contributed by atoms with Crippen molar-refractivity contribution in [1.29, 1.82) is 0 Å². The van der Waals surface area contributed by atoms with Crippen molar-refractivity contribution in [3.05, 3.63) is 0 Å². The highest BCUT2D eigenvalue weighted by molar-refractivity contribution is 4.95. The minimum absolute atomic E-state index is 0.449. The molecule has 0 saturated carbocycles. The van der Waals surface area contributed by atoms with Crippen LogP contribution in [-0.2, 0) is 0 Å². The average molecular weight is 124 g/mol. The van der Waals surface area contributed by atoms with Crippen LogP contribution in [0.4, 0.5) is 0 Å². The molecule has 0 fully saturated rings. The van der Waals surface area contributed by atoms with Gasteiger partial charge in [0.1, 0.15) is 0 Å². The van der Waals surface area contributed by atoms with Gasteiger partial charge in [0.05, 0.1) is 0 Å². The number of rotatable bonds is 2. The van der Waals surface area contributed by atoms with Crippen LogP contribution in [0.25, 0.3) is 0 Å². The topological polar surface area (TPSA) is 0 Å². The Labute approximate surface area is 58.7 Å². The summed E-state index contributed by atoms with van der Waals surface area (Å²) >= 11 is 0.